The van der Waals surface area contributed by atoms with Gasteiger partial charge in [-0.15, -0.1) is 0 Å². The standard InChI is InChI=1S/C17H27N3O4S/c1-4-17(21)19-11-13-10-15(7-8-16(13)24-3)25(22,23)20-9-5-6-14(20)12-18-2/h7-8,10,14,18H,4-6,9,11-12H2,1-3H3,(H,19,21). The number of likely N-dealkylation sites (N-methyl/N-ethyl adjacent to an activating group) is 1. The third-order valence-electron chi connectivity index (χ3n) is 4.42. The fourth-order valence-corrected chi connectivity index (χ4v) is 4.82. The molecule has 0 bridgehead atoms. The number of nitrogens with one attached hydrogen (secondary N) is 2. The third-order valence-corrected chi connectivity index (χ3v) is 6.37. The van der Waals surface area contributed by atoms with Crippen molar-refractivity contribution in [1.29, 1.82) is 0 Å². The number of sulfonamides is 1. The van der Waals surface area contributed by atoms with Crippen molar-refractivity contribution in [2.45, 2.75) is 43.7 Å². The predicted octanol–water partition coefficient (Wildman–Crippen LogP) is 1.09. The van der Waals surface area contributed by atoms with Gasteiger partial charge in [-0.2, -0.15) is 4.31 Å². The normalized spacial score (nSPS) is 18.3. The maximum absolute atomic E-state index is 13.0. The Bertz CT molecular complexity index is 706. The lowest BCUT2D eigenvalue weighted by Gasteiger charge is -2.24. The lowest BCUT2D eigenvalue weighted by Crippen LogP contribution is -2.40. The van der Waals surface area contributed by atoms with Gasteiger partial charge in [0.25, 0.3) is 0 Å². The first-order valence-corrected chi connectivity index (χ1v) is 9.98. The van der Waals surface area contributed by atoms with Crippen molar-refractivity contribution < 1.29 is 17.9 Å². The van der Waals surface area contributed by atoms with Crippen LogP contribution in [0.4, 0.5) is 0 Å². The highest BCUT2D eigenvalue weighted by Gasteiger charge is 2.35. The van der Waals surface area contributed by atoms with Gasteiger partial charge in [-0.25, -0.2) is 8.42 Å². The second-order valence-corrected chi connectivity index (χ2v) is 7.96. The monoisotopic (exact) mass is 369 g/mol. The fourth-order valence-electron chi connectivity index (χ4n) is 3.07. The van der Waals surface area contributed by atoms with Crippen LogP contribution < -0.4 is 15.4 Å². The molecule has 0 aliphatic carbocycles. The Labute approximate surface area is 149 Å². The van der Waals surface area contributed by atoms with Gasteiger partial charge in [0.2, 0.25) is 15.9 Å². The number of methoxy groups -OCH3 is 1. The molecule has 8 heteroatoms. The van der Waals surface area contributed by atoms with Crippen LogP contribution in [0, 0.1) is 0 Å². The van der Waals surface area contributed by atoms with Gasteiger partial charge in [0.15, 0.2) is 0 Å². The number of carbonyl (C=O) groups is 1. The van der Waals surface area contributed by atoms with Gasteiger partial charge in [-0.05, 0) is 38.1 Å². The lowest BCUT2D eigenvalue weighted by molar-refractivity contribution is -0.120. The minimum absolute atomic E-state index is 0.0275. The molecular formula is C17H27N3O4S. The predicted molar refractivity (Wildman–Crippen MR) is 96.0 cm³/mol. The largest absolute Gasteiger partial charge is 0.496 e. The molecule has 1 fully saturated rings. The molecule has 0 radical (unpaired) electrons. The average molecular weight is 369 g/mol. The first-order chi connectivity index (χ1) is 11.9. The van der Waals surface area contributed by atoms with Crippen molar-refractivity contribution in [2.24, 2.45) is 0 Å². The number of benzene rings is 1. The van der Waals surface area contributed by atoms with E-state index in [9.17, 15) is 13.2 Å². The van der Waals surface area contributed by atoms with E-state index >= 15 is 0 Å². The van der Waals surface area contributed by atoms with Crippen molar-refractivity contribution in [1.82, 2.24) is 14.9 Å². The quantitative estimate of drug-likeness (QED) is 0.716. The summed E-state index contributed by atoms with van der Waals surface area (Å²) < 4.78 is 32.9. The van der Waals surface area contributed by atoms with E-state index in [1.807, 2.05) is 7.05 Å². The third kappa shape index (κ3) is 4.50. The van der Waals surface area contributed by atoms with Crippen molar-refractivity contribution >= 4 is 15.9 Å². The molecule has 1 saturated heterocycles. The molecule has 7 nitrogen and oxygen atoms in total. The van der Waals surface area contributed by atoms with Crippen LogP contribution in [0.5, 0.6) is 5.75 Å². The first kappa shape index (κ1) is 19.7. The molecular weight excluding hydrogens is 342 g/mol. The molecule has 0 spiro atoms. The molecule has 0 saturated carbocycles. The second-order valence-electron chi connectivity index (χ2n) is 6.07. The van der Waals surface area contributed by atoms with E-state index in [0.717, 1.165) is 12.8 Å². The van der Waals surface area contributed by atoms with Crippen molar-refractivity contribution in [2.75, 3.05) is 27.2 Å². The summed E-state index contributed by atoms with van der Waals surface area (Å²) in [5, 5.41) is 5.82. The van der Waals surface area contributed by atoms with E-state index in [2.05, 4.69) is 10.6 Å². The van der Waals surface area contributed by atoms with Gasteiger partial charge < -0.3 is 15.4 Å². The van der Waals surface area contributed by atoms with Gasteiger partial charge in [0.1, 0.15) is 5.75 Å². The molecule has 2 rings (SSSR count). The number of hydrogen-bond acceptors (Lipinski definition) is 5. The minimum Gasteiger partial charge on any atom is -0.496 e. The summed E-state index contributed by atoms with van der Waals surface area (Å²) in [6, 6.07) is 4.77. The minimum atomic E-state index is -3.58. The van der Waals surface area contributed by atoms with Crippen molar-refractivity contribution in [3.63, 3.8) is 0 Å². The summed E-state index contributed by atoms with van der Waals surface area (Å²) in [5.74, 6) is 0.465. The first-order valence-electron chi connectivity index (χ1n) is 8.54. The van der Waals surface area contributed by atoms with E-state index in [1.165, 1.54) is 7.11 Å². The molecule has 1 heterocycles. The Morgan fingerprint density at radius 1 is 1.40 bits per heavy atom. The molecule has 1 atom stereocenters. The Kier molecular flexibility index (Phi) is 6.80. The number of nitrogens with zero attached hydrogens (tertiary/aromatic N) is 1. The van der Waals surface area contributed by atoms with Gasteiger partial charge in [-0.1, -0.05) is 6.92 Å². The summed E-state index contributed by atoms with van der Waals surface area (Å²) >= 11 is 0. The van der Waals surface area contributed by atoms with Gasteiger partial charge in [-0.3, -0.25) is 4.79 Å². The molecule has 1 amide bonds. The number of hydrogen-bond donors (Lipinski definition) is 2. The molecule has 1 unspecified atom stereocenters. The zero-order valence-corrected chi connectivity index (χ0v) is 15.9. The molecule has 2 N–H and O–H groups in total. The van der Waals surface area contributed by atoms with Crippen molar-refractivity contribution in [3.8, 4) is 5.75 Å². The van der Waals surface area contributed by atoms with E-state index < -0.39 is 10.0 Å². The summed E-state index contributed by atoms with van der Waals surface area (Å²) in [6.45, 7) is 3.17. The number of carbonyl (C=O) groups excluding carboxylic acids is 1. The maximum atomic E-state index is 13.0. The molecule has 1 aliphatic heterocycles. The van der Waals surface area contributed by atoms with Crippen LogP contribution >= 0.6 is 0 Å². The number of ether oxygens (including phenoxy) is 1. The Balaban J connectivity index is 2.29. The van der Waals surface area contributed by atoms with Crippen molar-refractivity contribution in [3.05, 3.63) is 23.8 Å². The zero-order chi connectivity index (χ0) is 18.4. The Morgan fingerprint density at radius 2 is 2.16 bits per heavy atom. The van der Waals surface area contributed by atoms with Gasteiger partial charge >= 0.3 is 0 Å². The van der Waals surface area contributed by atoms with Crippen LogP contribution in [0.25, 0.3) is 0 Å². The number of amides is 1. The molecule has 0 aromatic heterocycles. The van der Waals surface area contributed by atoms with Crippen LogP contribution in [-0.4, -0.2) is 51.9 Å². The van der Waals surface area contributed by atoms with E-state index in [4.69, 9.17) is 4.74 Å². The van der Waals surface area contributed by atoms with E-state index in [0.29, 0.717) is 30.8 Å². The van der Waals surface area contributed by atoms with Crippen LogP contribution in [-0.2, 0) is 21.4 Å². The average Bonchev–Trinajstić information content (AvgIpc) is 3.08. The van der Waals surface area contributed by atoms with Crippen LogP contribution in [0.3, 0.4) is 0 Å². The van der Waals surface area contributed by atoms with Crippen LogP contribution in [0.2, 0.25) is 0 Å². The summed E-state index contributed by atoms with van der Waals surface area (Å²) in [6.07, 6.45) is 2.09. The maximum Gasteiger partial charge on any atom is 0.243 e. The zero-order valence-electron chi connectivity index (χ0n) is 15.0. The second kappa shape index (κ2) is 8.64. The molecule has 25 heavy (non-hydrogen) atoms. The van der Waals surface area contributed by atoms with Gasteiger partial charge in [0, 0.05) is 37.7 Å². The Morgan fingerprint density at radius 3 is 2.80 bits per heavy atom. The summed E-state index contributed by atoms with van der Waals surface area (Å²) in [4.78, 5) is 11.7. The van der Waals surface area contributed by atoms with E-state index in [-0.39, 0.29) is 23.4 Å². The molecule has 1 aliphatic rings. The van der Waals surface area contributed by atoms with Crippen LogP contribution in [0.15, 0.2) is 23.1 Å². The van der Waals surface area contributed by atoms with Gasteiger partial charge in [0.05, 0.1) is 12.0 Å². The highest BCUT2D eigenvalue weighted by molar-refractivity contribution is 7.89. The topological polar surface area (TPSA) is 87.7 Å². The highest BCUT2D eigenvalue weighted by Crippen LogP contribution is 2.29. The summed E-state index contributed by atoms with van der Waals surface area (Å²) in [7, 11) is -0.226. The smallest absolute Gasteiger partial charge is 0.243 e. The Hall–Kier alpha value is -1.64. The highest BCUT2D eigenvalue weighted by atomic mass is 32.2. The van der Waals surface area contributed by atoms with Crippen LogP contribution in [0.1, 0.15) is 31.7 Å². The number of rotatable bonds is 8. The molecule has 1 aromatic rings. The summed E-state index contributed by atoms with van der Waals surface area (Å²) in [5.41, 5.74) is 0.648. The molecule has 1 aromatic carbocycles. The van der Waals surface area contributed by atoms with E-state index in [1.54, 1.807) is 29.4 Å². The molecule has 140 valence electrons. The SMILES string of the molecule is CCC(=O)NCc1cc(S(=O)(=O)N2CCCC2CNC)ccc1OC. The fraction of sp³-hybridized carbons (Fsp3) is 0.588. The lowest BCUT2D eigenvalue weighted by atomic mass is 10.2.